The van der Waals surface area contributed by atoms with Crippen LogP contribution in [0.4, 0.5) is 16.2 Å². The molecule has 0 radical (unpaired) electrons. The Morgan fingerprint density at radius 3 is 2.30 bits per heavy atom. The van der Waals surface area contributed by atoms with Crippen molar-refractivity contribution in [3.8, 4) is 0 Å². The average Bonchev–Trinajstić information content (AvgIpc) is 2.74. The van der Waals surface area contributed by atoms with Gasteiger partial charge in [-0.2, -0.15) is 0 Å². The summed E-state index contributed by atoms with van der Waals surface area (Å²) >= 11 is 0. The van der Waals surface area contributed by atoms with Crippen LogP contribution in [0.25, 0.3) is 0 Å². The summed E-state index contributed by atoms with van der Waals surface area (Å²) in [7, 11) is 3.95. The summed E-state index contributed by atoms with van der Waals surface area (Å²) in [6.07, 6.45) is 3.99. The summed E-state index contributed by atoms with van der Waals surface area (Å²) in [5, 5.41) is 5.67. The van der Waals surface area contributed by atoms with Crippen LogP contribution in [0.1, 0.15) is 37.7 Å². The summed E-state index contributed by atoms with van der Waals surface area (Å²) in [5.41, 5.74) is 5.33. The van der Waals surface area contributed by atoms with Crippen LogP contribution in [-0.2, 0) is 16.2 Å². The van der Waals surface area contributed by atoms with Crippen LogP contribution in [-0.4, -0.2) is 32.6 Å². The predicted molar refractivity (Wildman–Crippen MR) is 120 cm³/mol. The molecule has 162 valence electrons. The number of nitrogens with one attached hydrogen (secondary N) is 3. The molecule has 30 heavy (non-hydrogen) atoms. The molecule has 0 atom stereocenters. The Morgan fingerprint density at radius 2 is 1.60 bits per heavy atom. The van der Waals surface area contributed by atoms with Gasteiger partial charge in [0.25, 0.3) is 0 Å². The SMILES string of the molecule is CN(C)c1ccc(NC(=O)NCCCCCCC(=O)NOCc2ccccc2)cc1. The first-order chi connectivity index (χ1) is 14.5. The Balaban J connectivity index is 1.45. The van der Waals surface area contributed by atoms with Crippen molar-refractivity contribution in [1.29, 1.82) is 0 Å². The van der Waals surface area contributed by atoms with Crippen LogP contribution in [0.3, 0.4) is 0 Å². The van der Waals surface area contributed by atoms with E-state index in [-0.39, 0.29) is 11.9 Å². The van der Waals surface area contributed by atoms with Gasteiger partial charge in [-0.05, 0) is 42.7 Å². The van der Waals surface area contributed by atoms with Crippen LogP contribution in [0.2, 0.25) is 0 Å². The molecule has 0 saturated heterocycles. The van der Waals surface area contributed by atoms with Crippen molar-refractivity contribution in [2.45, 2.75) is 38.7 Å². The normalized spacial score (nSPS) is 10.3. The maximum Gasteiger partial charge on any atom is 0.319 e. The highest BCUT2D eigenvalue weighted by Gasteiger charge is 2.03. The van der Waals surface area contributed by atoms with Crippen molar-refractivity contribution >= 4 is 23.3 Å². The van der Waals surface area contributed by atoms with Crippen molar-refractivity contribution < 1.29 is 14.4 Å². The van der Waals surface area contributed by atoms with Gasteiger partial charge in [0.15, 0.2) is 0 Å². The standard InChI is InChI=1S/C23H32N4O3/c1-27(2)21-15-13-20(14-16-21)25-23(29)24-17-9-4-3-8-12-22(28)26-30-18-19-10-6-5-7-11-19/h5-7,10-11,13-16H,3-4,8-9,12,17-18H2,1-2H3,(H,26,28)(H2,24,25,29). The number of hydroxylamine groups is 1. The van der Waals surface area contributed by atoms with E-state index >= 15 is 0 Å². The van der Waals surface area contributed by atoms with Crippen LogP contribution < -0.4 is 21.0 Å². The molecule has 7 nitrogen and oxygen atoms in total. The summed E-state index contributed by atoms with van der Waals surface area (Å²) in [4.78, 5) is 30.9. The monoisotopic (exact) mass is 412 g/mol. The Bertz CT molecular complexity index is 764. The van der Waals surface area contributed by atoms with Gasteiger partial charge >= 0.3 is 6.03 Å². The maximum atomic E-state index is 11.9. The van der Waals surface area contributed by atoms with Gasteiger partial charge in [0.05, 0.1) is 6.61 Å². The molecule has 7 heteroatoms. The third kappa shape index (κ3) is 9.43. The number of rotatable bonds is 12. The van der Waals surface area contributed by atoms with Gasteiger partial charge in [0, 0.05) is 38.4 Å². The molecule has 0 aliphatic heterocycles. The minimum Gasteiger partial charge on any atom is -0.378 e. The molecular formula is C23H32N4O3. The zero-order chi connectivity index (χ0) is 21.6. The lowest BCUT2D eigenvalue weighted by molar-refractivity contribution is -0.134. The number of carbonyl (C=O) groups is 2. The quantitative estimate of drug-likeness (QED) is 0.362. The topological polar surface area (TPSA) is 82.7 Å². The van der Waals surface area contributed by atoms with Crippen molar-refractivity contribution in [2.24, 2.45) is 0 Å². The maximum absolute atomic E-state index is 11.9. The number of amides is 3. The third-order valence-electron chi connectivity index (χ3n) is 4.53. The van der Waals surface area contributed by atoms with E-state index in [1.54, 1.807) is 0 Å². The van der Waals surface area contributed by atoms with E-state index in [2.05, 4.69) is 16.1 Å². The number of hydrogen-bond acceptors (Lipinski definition) is 4. The van der Waals surface area contributed by atoms with Crippen molar-refractivity contribution in [3.05, 3.63) is 60.2 Å². The summed E-state index contributed by atoms with van der Waals surface area (Å²) < 4.78 is 0. The lowest BCUT2D eigenvalue weighted by Crippen LogP contribution is -2.29. The molecule has 0 heterocycles. The number of benzene rings is 2. The second-order valence-electron chi connectivity index (χ2n) is 7.29. The number of urea groups is 1. The van der Waals surface area contributed by atoms with Gasteiger partial charge in [-0.25, -0.2) is 10.3 Å². The largest absolute Gasteiger partial charge is 0.378 e. The number of nitrogens with zero attached hydrogens (tertiary/aromatic N) is 1. The van der Waals surface area contributed by atoms with E-state index in [1.807, 2.05) is 73.6 Å². The zero-order valence-corrected chi connectivity index (χ0v) is 17.8. The van der Waals surface area contributed by atoms with E-state index in [0.717, 1.165) is 42.6 Å². The van der Waals surface area contributed by atoms with E-state index in [1.165, 1.54) is 0 Å². The molecular weight excluding hydrogens is 380 g/mol. The first-order valence-electron chi connectivity index (χ1n) is 10.3. The van der Waals surface area contributed by atoms with Crippen LogP contribution in [0.15, 0.2) is 54.6 Å². The van der Waals surface area contributed by atoms with Gasteiger partial charge in [0.1, 0.15) is 0 Å². The number of anilines is 2. The molecule has 0 fully saturated rings. The van der Waals surface area contributed by atoms with Gasteiger partial charge < -0.3 is 15.5 Å². The van der Waals surface area contributed by atoms with Crippen LogP contribution in [0.5, 0.6) is 0 Å². The Morgan fingerprint density at radius 1 is 0.900 bits per heavy atom. The minimum atomic E-state index is -0.206. The molecule has 2 aromatic rings. The highest BCUT2D eigenvalue weighted by molar-refractivity contribution is 5.89. The van der Waals surface area contributed by atoms with Crippen molar-refractivity contribution in [1.82, 2.24) is 10.8 Å². The van der Waals surface area contributed by atoms with Gasteiger partial charge in [-0.1, -0.05) is 43.2 Å². The highest BCUT2D eigenvalue weighted by Crippen LogP contribution is 2.15. The number of hydrogen-bond donors (Lipinski definition) is 3. The van der Waals surface area contributed by atoms with E-state index in [4.69, 9.17) is 4.84 Å². The van der Waals surface area contributed by atoms with Gasteiger partial charge in [0.2, 0.25) is 5.91 Å². The van der Waals surface area contributed by atoms with Crippen molar-refractivity contribution in [2.75, 3.05) is 30.9 Å². The molecule has 2 aromatic carbocycles. The first-order valence-corrected chi connectivity index (χ1v) is 10.3. The fourth-order valence-corrected chi connectivity index (χ4v) is 2.81. The lowest BCUT2D eigenvalue weighted by atomic mass is 10.1. The van der Waals surface area contributed by atoms with E-state index < -0.39 is 0 Å². The summed E-state index contributed by atoms with van der Waals surface area (Å²) in [6, 6.07) is 17.2. The molecule has 0 saturated carbocycles. The second kappa shape index (κ2) is 13.2. The predicted octanol–water partition coefficient (Wildman–Crippen LogP) is 4.07. The molecule has 3 N–H and O–H groups in total. The molecule has 0 unspecified atom stereocenters. The first kappa shape index (κ1) is 23.2. The summed E-state index contributed by atoms with van der Waals surface area (Å²) in [5.74, 6) is -0.108. The Hall–Kier alpha value is -3.06. The molecule has 2 rings (SSSR count). The molecule has 0 spiro atoms. The van der Waals surface area contributed by atoms with Gasteiger partial charge in [-0.15, -0.1) is 0 Å². The minimum absolute atomic E-state index is 0.108. The van der Waals surface area contributed by atoms with Crippen molar-refractivity contribution in [3.63, 3.8) is 0 Å². The lowest BCUT2D eigenvalue weighted by Gasteiger charge is -2.13. The van der Waals surface area contributed by atoms with Crippen LogP contribution in [0, 0.1) is 0 Å². The number of carbonyl (C=O) groups excluding carboxylic acids is 2. The average molecular weight is 413 g/mol. The van der Waals surface area contributed by atoms with E-state index in [9.17, 15) is 9.59 Å². The fraction of sp³-hybridized carbons (Fsp3) is 0.391. The number of unbranched alkanes of at least 4 members (excludes halogenated alkanes) is 3. The zero-order valence-electron chi connectivity index (χ0n) is 17.8. The van der Waals surface area contributed by atoms with Crippen LogP contribution >= 0.6 is 0 Å². The Labute approximate surface area is 178 Å². The van der Waals surface area contributed by atoms with E-state index in [0.29, 0.717) is 19.6 Å². The highest BCUT2D eigenvalue weighted by atomic mass is 16.6. The smallest absolute Gasteiger partial charge is 0.319 e. The molecule has 3 amide bonds. The molecule has 0 bridgehead atoms. The fourth-order valence-electron chi connectivity index (χ4n) is 2.81. The third-order valence-corrected chi connectivity index (χ3v) is 4.53. The molecule has 0 aliphatic carbocycles. The van der Waals surface area contributed by atoms with Gasteiger partial charge in [-0.3, -0.25) is 9.63 Å². The molecule has 0 aliphatic rings. The summed E-state index contributed by atoms with van der Waals surface area (Å²) in [6.45, 7) is 0.966. The second-order valence-corrected chi connectivity index (χ2v) is 7.29. The molecule has 0 aromatic heterocycles. The Kier molecular flexibility index (Phi) is 10.2.